The molecule has 1 saturated carbocycles. The number of rotatable bonds is 8. The van der Waals surface area contributed by atoms with E-state index in [9.17, 15) is 5.11 Å². The molecule has 1 aromatic carbocycles. The van der Waals surface area contributed by atoms with Crippen molar-refractivity contribution in [3.05, 3.63) is 24.3 Å². The summed E-state index contributed by atoms with van der Waals surface area (Å²) in [4.78, 5) is 0. The van der Waals surface area contributed by atoms with Crippen LogP contribution < -0.4 is 14.8 Å². The molecule has 0 aliphatic heterocycles. The van der Waals surface area contributed by atoms with Gasteiger partial charge in [0.05, 0.1) is 13.2 Å². The van der Waals surface area contributed by atoms with Crippen molar-refractivity contribution in [1.82, 2.24) is 5.32 Å². The second kappa shape index (κ2) is 8.22. The largest absolute Gasteiger partial charge is 0.497 e. The van der Waals surface area contributed by atoms with Crippen LogP contribution in [0.2, 0.25) is 0 Å². The number of aliphatic hydroxyl groups is 1. The van der Waals surface area contributed by atoms with Crippen LogP contribution in [0.25, 0.3) is 0 Å². The fraction of sp³-hybridized carbons (Fsp3) is 0.625. The van der Waals surface area contributed by atoms with Gasteiger partial charge in [-0.25, -0.2) is 0 Å². The Morgan fingerprint density at radius 3 is 2.57 bits per heavy atom. The van der Waals surface area contributed by atoms with E-state index in [4.69, 9.17) is 14.2 Å². The van der Waals surface area contributed by atoms with Crippen molar-refractivity contribution >= 4 is 0 Å². The van der Waals surface area contributed by atoms with Crippen LogP contribution in [0.4, 0.5) is 0 Å². The minimum absolute atomic E-state index is 0.264. The monoisotopic (exact) mass is 295 g/mol. The molecule has 3 atom stereocenters. The van der Waals surface area contributed by atoms with E-state index < -0.39 is 6.10 Å². The first-order valence-electron chi connectivity index (χ1n) is 7.44. The summed E-state index contributed by atoms with van der Waals surface area (Å²) in [6.45, 7) is 0.782. The van der Waals surface area contributed by atoms with Crippen LogP contribution in [-0.4, -0.2) is 50.7 Å². The van der Waals surface area contributed by atoms with E-state index in [2.05, 4.69) is 5.32 Å². The van der Waals surface area contributed by atoms with Crippen molar-refractivity contribution < 1.29 is 19.3 Å². The standard InChI is InChI=1S/C16H25NO4/c1-19-13-6-8-14(9-7-13)21-11-12(18)10-17-15-4-3-5-16(15)20-2/h6-9,12,15-18H,3-5,10-11H2,1-2H3. The smallest absolute Gasteiger partial charge is 0.119 e. The summed E-state index contributed by atoms with van der Waals surface area (Å²) in [5.74, 6) is 1.52. The quantitative estimate of drug-likeness (QED) is 0.763. The average Bonchev–Trinajstić information content (AvgIpc) is 2.99. The normalized spacial score (nSPS) is 23.0. The molecule has 0 aromatic heterocycles. The molecule has 0 amide bonds. The van der Waals surface area contributed by atoms with Crippen LogP contribution in [0.15, 0.2) is 24.3 Å². The third kappa shape index (κ3) is 4.88. The van der Waals surface area contributed by atoms with Gasteiger partial charge in [0, 0.05) is 19.7 Å². The topological polar surface area (TPSA) is 60.0 Å². The summed E-state index contributed by atoms with van der Waals surface area (Å²) < 4.78 is 16.1. The molecule has 1 aliphatic rings. The van der Waals surface area contributed by atoms with Crippen molar-refractivity contribution in [3.63, 3.8) is 0 Å². The molecule has 0 bridgehead atoms. The maximum atomic E-state index is 9.98. The summed E-state index contributed by atoms with van der Waals surface area (Å²) in [5, 5.41) is 13.3. The zero-order valence-corrected chi connectivity index (χ0v) is 12.7. The highest BCUT2D eigenvalue weighted by molar-refractivity contribution is 5.31. The maximum Gasteiger partial charge on any atom is 0.119 e. The Labute approximate surface area is 126 Å². The van der Waals surface area contributed by atoms with Crippen molar-refractivity contribution in [2.75, 3.05) is 27.4 Å². The molecule has 0 radical (unpaired) electrons. The van der Waals surface area contributed by atoms with E-state index in [1.165, 1.54) is 6.42 Å². The molecule has 5 heteroatoms. The maximum absolute atomic E-state index is 9.98. The van der Waals surface area contributed by atoms with Gasteiger partial charge in [-0.2, -0.15) is 0 Å². The van der Waals surface area contributed by atoms with Crippen molar-refractivity contribution in [2.45, 2.75) is 37.5 Å². The Kier molecular flexibility index (Phi) is 6.29. The van der Waals surface area contributed by atoms with Crippen LogP contribution in [0.5, 0.6) is 11.5 Å². The Morgan fingerprint density at radius 1 is 1.19 bits per heavy atom. The second-order valence-corrected chi connectivity index (χ2v) is 5.36. The molecular formula is C16H25NO4. The predicted molar refractivity (Wildman–Crippen MR) is 80.9 cm³/mol. The molecule has 2 rings (SSSR count). The van der Waals surface area contributed by atoms with E-state index in [0.717, 1.165) is 24.3 Å². The van der Waals surface area contributed by atoms with E-state index in [-0.39, 0.29) is 12.7 Å². The van der Waals surface area contributed by atoms with Crippen LogP contribution in [0, 0.1) is 0 Å². The van der Waals surface area contributed by atoms with Gasteiger partial charge in [0.2, 0.25) is 0 Å². The number of hydrogen-bond donors (Lipinski definition) is 2. The van der Waals surface area contributed by atoms with E-state index in [0.29, 0.717) is 12.6 Å². The van der Waals surface area contributed by atoms with Gasteiger partial charge in [-0.3, -0.25) is 0 Å². The lowest BCUT2D eigenvalue weighted by Gasteiger charge is -2.21. The van der Waals surface area contributed by atoms with Gasteiger partial charge in [-0.1, -0.05) is 0 Å². The molecule has 0 heterocycles. The summed E-state index contributed by atoms with van der Waals surface area (Å²) in [6, 6.07) is 7.67. The molecule has 118 valence electrons. The lowest BCUT2D eigenvalue weighted by Crippen LogP contribution is -2.42. The number of hydrogen-bond acceptors (Lipinski definition) is 5. The summed E-state index contributed by atoms with van der Waals surface area (Å²) in [5.41, 5.74) is 0. The van der Waals surface area contributed by atoms with Gasteiger partial charge in [-0.05, 0) is 43.5 Å². The molecule has 2 N–H and O–H groups in total. The summed E-state index contributed by atoms with van der Waals surface area (Å²) >= 11 is 0. The third-order valence-electron chi connectivity index (χ3n) is 3.87. The van der Waals surface area contributed by atoms with Gasteiger partial charge in [-0.15, -0.1) is 0 Å². The molecule has 1 aromatic rings. The molecular weight excluding hydrogens is 270 g/mol. The van der Waals surface area contributed by atoms with Crippen molar-refractivity contribution in [3.8, 4) is 11.5 Å². The first-order chi connectivity index (χ1) is 10.2. The molecule has 3 unspecified atom stereocenters. The van der Waals surface area contributed by atoms with Gasteiger partial charge in [0.1, 0.15) is 24.2 Å². The Hall–Kier alpha value is -1.30. The minimum atomic E-state index is -0.537. The van der Waals surface area contributed by atoms with Crippen LogP contribution in [0.1, 0.15) is 19.3 Å². The number of nitrogens with one attached hydrogen (secondary N) is 1. The Morgan fingerprint density at radius 2 is 1.90 bits per heavy atom. The number of ether oxygens (including phenoxy) is 3. The Balaban J connectivity index is 1.68. The van der Waals surface area contributed by atoms with Gasteiger partial charge < -0.3 is 24.6 Å². The van der Waals surface area contributed by atoms with Gasteiger partial charge in [0.25, 0.3) is 0 Å². The van der Waals surface area contributed by atoms with Crippen LogP contribution >= 0.6 is 0 Å². The number of benzene rings is 1. The molecule has 1 fully saturated rings. The average molecular weight is 295 g/mol. The molecule has 21 heavy (non-hydrogen) atoms. The third-order valence-corrected chi connectivity index (χ3v) is 3.87. The minimum Gasteiger partial charge on any atom is -0.497 e. The first-order valence-corrected chi connectivity index (χ1v) is 7.44. The second-order valence-electron chi connectivity index (χ2n) is 5.36. The lowest BCUT2D eigenvalue weighted by molar-refractivity contribution is 0.0687. The highest BCUT2D eigenvalue weighted by atomic mass is 16.5. The SMILES string of the molecule is COc1ccc(OCC(O)CNC2CCCC2OC)cc1. The predicted octanol–water partition coefficient (Wildman–Crippen LogP) is 1.59. The molecule has 5 nitrogen and oxygen atoms in total. The molecule has 0 saturated heterocycles. The van der Waals surface area contributed by atoms with Crippen molar-refractivity contribution in [2.24, 2.45) is 0 Å². The fourth-order valence-electron chi connectivity index (χ4n) is 2.65. The summed E-state index contributed by atoms with van der Waals surface area (Å²) in [6.07, 6.45) is 3.09. The highest BCUT2D eigenvalue weighted by Gasteiger charge is 2.26. The molecule has 1 aliphatic carbocycles. The Bertz CT molecular complexity index is 409. The van der Waals surface area contributed by atoms with E-state index in [1.807, 2.05) is 24.3 Å². The molecule has 0 spiro atoms. The van der Waals surface area contributed by atoms with Gasteiger partial charge >= 0.3 is 0 Å². The van der Waals surface area contributed by atoms with E-state index in [1.54, 1.807) is 14.2 Å². The van der Waals surface area contributed by atoms with Crippen LogP contribution in [-0.2, 0) is 4.74 Å². The lowest BCUT2D eigenvalue weighted by atomic mass is 10.2. The zero-order chi connectivity index (χ0) is 15.1. The van der Waals surface area contributed by atoms with Crippen LogP contribution in [0.3, 0.4) is 0 Å². The van der Waals surface area contributed by atoms with Gasteiger partial charge in [0.15, 0.2) is 0 Å². The number of aliphatic hydroxyl groups excluding tert-OH is 1. The number of methoxy groups -OCH3 is 2. The zero-order valence-electron chi connectivity index (χ0n) is 12.7. The highest BCUT2D eigenvalue weighted by Crippen LogP contribution is 2.21. The van der Waals surface area contributed by atoms with E-state index >= 15 is 0 Å². The van der Waals surface area contributed by atoms with Crippen molar-refractivity contribution in [1.29, 1.82) is 0 Å². The summed E-state index contributed by atoms with van der Waals surface area (Å²) in [7, 11) is 3.37. The first kappa shape index (κ1) is 16.1. The fourth-order valence-corrected chi connectivity index (χ4v) is 2.65.